The summed E-state index contributed by atoms with van der Waals surface area (Å²) < 4.78 is 0.892. The molecule has 1 aliphatic rings. The van der Waals surface area contributed by atoms with Crippen LogP contribution in [0.25, 0.3) is 0 Å². The molecule has 1 aromatic heterocycles. The molecule has 0 N–H and O–H groups in total. The quantitative estimate of drug-likeness (QED) is 0.798. The van der Waals surface area contributed by atoms with Gasteiger partial charge in [0.1, 0.15) is 16.2 Å². The van der Waals surface area contributed by atoms with Gasteiger partial charge in [0.2, 0.25) is 0 Å². The Labute approximate surface area is 116 Å². The molecule has 1 saturated heterocycles. The van der Waals surface area contributed by atoms with E-state index in [0.717, 1.165) is 29.1 Å². The van der Waals surface area contributed by atoms with Crippen molar-refractivity contribution in [3.05, 3.63) is 16.5 Å². The van der Waals surface area contributed by atoms with Crippen molar-refractivity contribution in [3.63, 3.8) is 0 Å². The number of hydrogen-bond acceptors (Lipinski definition) is 4. The van der Waals surface area contributed by atoms with Crippen molar-refractivity contribution < 1.29 is 0 Å². The molecule has 0 saturated carbocycles. The molecule has 0 spiro atoms. The summed E-state index contributed by atoms with van der Waals surface area (Å²) in [6.45, 7) is 2.15. The van der Waals surface area contributed by atoms with Crippen LogP contribution < -0.4 is 4.90 Å². The van der Waals surface area contributed by atoms with Crippen LogP contribution in [0.15, 0.2) is 10.7 Å². The van der Waals surface area contributed by atoms with Gasteiger partial charge in [0.25, 0.3) is 0 Å². The van der Waals surface area contributed by atoms with E-state index in [9.17, 15) is 0 Å². The van der Waals surface area contributed by atoms with Gasteiger partial charge in [-0.15, -0.1) is 0 Å². The number of halogens is 1. The van der Waals surface area contributed by atoms with Crippen LogP contribution in [-0.2, 0) is 6.42 Å². The van der Waals surface area contributed by atoms with Crippen LogP contribution in [0, 0.1) is 0 Å². The molecule has 2 rings (SSSR count). The molecule has 0 aromatic carbocycles. The molecule has 1 aliphatic heterocycles. The van der Waals surface area contributed by atoms with Gasteiger partial charge in [-0.3, -0.25) is 0 Å². The maximum Gasteiger partial charge on any atom is 0.133 e. The van der Waals surface area contributed by atoms with E-state index in [1.807, 2.05) is 17.8 Å². The van der Waals surface area contributed by atoms with Crippen molar-refractivity contribution in [3.8, 4) is 0 Å². The van der Waals surface area contributed by atoms with Gasteiger partial charge in [-0.1, -0.05) is 6.92 Å². The van der Waals surface area contributed by atoms with Gasteiger partial charge < -0.3 is 4.90 Å². The molecule has 0 bridgehead atoms. The van der Waals surface area contributed by atoms with Gasteiger partial charge in [-0.2, -0.15) is 11.8 Å². The van der Waals surface area contributed by atoms with E-state index in [0.29, 0.717) is 6.04 Å². The summed E-state index contributed by atoms with van der Waals surface area (Å²) >= 11 is 5.50. The summed E-state index contributed by atoms with van der Waals surface area (Å²) in [5.74, 6) is 4.46. The third-order valence-corrected chi connectivity index (χ3v) is 4.57. The first-order valence-corrected chi connectivity index (χ1v) is 7.99. The van der Waals surface area contributed by atoms with Gasteiger partial charge in [-0.25, -0.2) is 9.97 Å². The Morgan fingerprint density at radius 2 is 2.35 bits per heavy atom. The number of anilines is 1. The van der Waals surface area contributed by atoms with Crippen LogP contribution in [0.4, 0.5) is 5.82 Å². The summed E-state index contributed by atoms with van der Waals surface area (Å²) in [6, 6.07) is 2.64. The average Bonchev–Trinajstić information content (AvgIpc) is 2.81. The fraction of sp³-hybridized carbons (Fsp3) is 0.667. The monoisotopic (exact) mass is 315 g/mol. The Morgan fingerprint density at radius 1 is 1.53 bits per heavy atom. The number of nitrogens with zero attached hydrogens (tertiary/aromatic N) is 3. The summed E-state index contributed by atoms with van der Waals surface area (Å²) in [4.78, 5) is 11.3. The van der Waals surface area contributed by atoms with E-state index in [1.54, 1.807) is 0 Å². The highest BCUT2D eigenvalue weighted by Crippen LogP contribution is 2.26. The van der Waals surface area contributed by atoms with Crippen LogP contribution in [0.2, 0.25) is 0 Å². The van der Waals surface area contributed by atoms with Crippen LogP contribution in [0.1, 0.15) is 25.6 Å². The molecule has 94 valence electrons. The Bertz CT molecular complexity index is 380. The largest absolute Gasteiger partial charge is 0.356 e. The fourth-order valence-corrected chi connectivity index (χ4v) is 3.66. The lowest BCUT2D eigenvalue weighted by atomic mass is 10.2. The second-order valence-electron chi connectivity index (χ2n) is 4.34. The summed E-state index contributed by atoms with van der Waals surface area (Å²) in [5.41, 5.74) is 0. The van der Waals surface area contributed by atoms with Crippen molar-refractivity contribution in [2.45, 2.75) is 32.2 Å². The van der Waals surface area contributed by atoms with Crippen molar-refractivity contribution in [2.24, 2.45) is 0 Å². The molecule has 0 aliphatic carbocycles. The van der Waals surface area contributed by atoms with Gasteiger partial charge in [0, 0.05) is 31.3 Å². The topological polar surface area (TPSA) is 29.0 Å². The van der Waals surface area contributed by atoms with E-state index in [2.05, 4.69) is 44.8 Å². The fourth-order valence-electron chi connectivity index (χ4n) is 1.98. The predicted molar refractivity (Wildman–Crippen MR) is 77.9 cm³/mol. The zero-order valence-corrected chi connectivity index (χ0v) is 12.7. The highest BCUT2D eigenvalue weighted by Gasteiger charge is 2.21. The van der Waals surface area contributed by atoms with Gasteiger partial charge >= 0.3 is 0 Å². The average molecular weight is 316 g/mol. The zero-order valence-electron chi connectivity index (χ0n) is 10.3. The number of aryl methyl sites for hydroxylation is 1. The Hall–Kier alpha value is -0.290. The van der Waals surface area contributed by atoms with E-state index < -0.39 is 0 Å². The van der Waals surface area contributed by atoms with Crippen molar-refractivity contribution in [1.82, 2.24) is 9.97 Å². The third-order valence-electron chi connectivity index (χ3n) is 3.02. The molecular formula is C12H18BrN3S. The van der Waals surface area contributed by atoms with Gasteiger partial charge in [0.05, 0.1) is 0 Å². The maximum absolute atomic E-state index is 4.64. The van der Waals surface area contributed by atoms with E-state index in [1.165, 1.54) is 17.9 Å². The smallest absolute Gasteiger partial charge is 0.133 e. The molecule has 2 heterocycles. The van der Waals surface area contributed by atoms with Crippen molar-refractivity contribution >= 4 is 33.5 Å². The Morgan fingerprint density at radius 3 is 3.00 bits per heavy atom. The first kappa shape index (κ1) is 13.1. The Balaban J connectivity index is 2.18. The van der Waals surface area contributed by atoms with Crippen LogP contribution in [-0.4, -0.2) is 34.6 Å². The molecule has 5 heteroatoms. The van der Waals surface area contributed by atoms with Crippen LogP contribution >= 0.6 is 27.7 Å². The van der Waals surface area contributed by atoms with Gasteiger partial charge in [-0.05, 0) is 34.5 Å². The van der Waals surface area contributed by atoms with Crippen LogP contribution in [0.3, 0.4) is 0 Å². The van der Waals surface area contributed by atoms with E-state index >= 15 is 0 Å². The normalized spacial score (nSPS) is 19.6. The molecule has 0 radical (unpaired) electrons. The minimum absolute atomic E-state index is 0.622. The van der Waals surface area contributed by atoms with E-state index in [4.69, 9.17) is 0 Å². The minimum Gasteiger partial charge on any atom is -0.356 e. The van der Waals surface area contributed by atoms with Crippen molar-refractivity contribution in [1.29, 1.82) is 0 Å². The molecule has 1 fully saturated rings. The minimum atomic E-state index is 0.622. The highest BCUT2D eigenvalue weighted by molar-refractivity contribution is 9.10. The molecule has 1 atom stereocenters. The van der Waals surface area contributed by atoms with E-state index in [-0.39, 0.29) is 0 Å². The summed E-state index contributed by atoms with van der Waals surface area (Å²) in [5, 5.41) is 0. The van der Waals surface area contributed by atoms with Crippen LogP contribution in [0.5, 0.6) is 0 Å². The SMILES string of the molecule is CCCc1nc(Br)cc(N(C)C2CCSC2)n1. The number of rotatable bonds is 4. The number of hydrogen-bond donors (Lipinski definition) is 0. The van der Waals surface area contributed by atoms with Gasteiger partial charge in [0.15, 0.2) is 0 Å². The summed E-state index contributed by atoms with van der Waals surface area (Å²) in [7, 11) is 2.14. The Kier molecular flexibility index (Phi) is 4.68. The second-order valence-corrected chi connectivity index (χ2v) is 6.31. The number of aromatic nitrogens is 2. The zero-order chi connectivity index (χ0) is 12.3. The first-order valence-electron chi connectivity index (χ1n) is 6.04. The predicted octanol–water partition coefficient (Wildman–Crippen LogP) is 3.13. The third kappa shape index (κ3) is 3.35. The lowest BCUT2D eigenvalue weighted by Gasteiger charge is -2.25. The molecule has 0 amide bonds. The lowest BCUT2D eigenvalue weighted by molar-refractivity contribution is 0.684. The number of thioether (sulfide) groups is 1. The van der Waals surface area contributed by atoms with Crippen molar-refractivity contribution in [2.75, 3.05) is 23.5 Å². The molecule has 1 aromatic rings. The second kappa shape index (κ2) is 6.05. The molecule has 1 unspecified atom stereocenters. The molecular weight excluding hydrogens is 298 g/mol. The first-order chi connectivity index (χ1) is 8.20. The lowest BCUT2D eigenvalue weighted by Crippen LogP contribution is -2.32. The maximum atomic E-state index is 4.64. The highest BCUT2D eigenvalue weighted by atomic mass is 79.9. The summed E-state index contributed by atoms with van der Waals surface area (Å²) in [6.07, 6.45) is 3.28. The molecule has 3 nitrogen and oxygen atoms in total. The standard InChI is InChI=1S/C12H18BrN3S/c1-3-4-11-14-10(13)7-12(15-11)16(2)9-5-6-17-8-9/h7,9H,3-6,8H2,1-2H3. The molecule has 17 heavy (non-hydrogen) atoms.